The summed E-state index contributed by atoms with van der Waals surface area (Å²) >= 11 is 1.74. The summed E-state index contributed by atoms with van der Waals surface area (Å²) in [5.74, 6) is 1.50. The highest BCUT2D eigenvalue weighted by Crippen LogP contribution is 2.11. The van der Waals surface area contributed by atoms with Gasteiger partial charge in [-0.2, -0.15) is 17.0 Å². The third-order valence-electron chi connectivity index (χ3n) is 3.68. The van der Waals surface area contributed by atoms with E-state index >= 15 is 0 Å². The highest BCUT2D eigenvalue weighted by Gasteiger charge is 2.16. The normalized spacial score (nSPS) is 11.4. The summed E-state index contributed by atoms with van der Waals surface area (Å²) < 4.78 is 9.64. The van der Waals surface area contributed by atoms with Crippen LogP contribution in [0.1, 0.15) is 45.2 Å². The second-order valence-electron chi connectivity index (χ2n) is 7.38. The molecule has 30 heavy (non-hydrogen) atoms. The van der Waals surface area contributed by atoms with E-state index in [1.165, 1.54) is 12.7 Å². The van der Waals surface area contributed by atoms with Gasteiger partial charge in [0.2, 0.25) is 0 Å². The van der Waals surface area contributed by atoms with Crippen LogP contribution in [-0.4, -0.2) is 55.9 Å². The van der Waals surface area contributed by atoms with Crippen LogP contribution >= 0.6 is 11.8 Å². The maximum Gasteiger partial charge on any atom is 0.407 e. The molecule has 1 aromatic carbocycles. The molecule has 0 saturated heterocycles. The van der Waals surface area contributed by atoms with Gasteiger partial charge in [-0.25, -0.2) is 4.79 Å². The Hall–Kier alpha value is -2.24. The van der Waals surface area contributed by atoms with Crippen LogP contribution in [-0.2, 0) is 20.7 Å². The molecule has 1 rings (SSSR count). The molecule has 168 valence electrons. The lowest BCUT2D eigenvalue weighted by Gasteiger charge is -2.19. The molecule has 0 aromatic heterocycles. The van der Waals surface area contributed by atoms with E-state index in [-0.39, 0.29) is 23.7 Å². The summed E-state index contributed by atoms with van der Waals surface area (Å²) in [4.78, 5) is 22.1. The SMILES string of the molecule is CCNC(=O)OC(C)(C)C.CNC(CSCCCc1ccc(C#N)cc1)C(=O)OC. The van der Waals surface area contributed by atoms with Crippen LogP contribution < -0.4 is 10.6 Å². The van der Waals surface area contributed by atoms with Gasteiger partial charge in [0.1, 0.15) is 11.6 Å². The molecule has 0 aliphatic carbocycles. The van der Waals surface area contributed by atoms with Crippen LogP contribution in [0.5, 0.6) is 0 Å². The van der Waals surface area contributed by atoms with Crippen molar-refractivity contribution in [3.63, 3.8) is 0 Å². The Morgan fingerprint density at radius 1 is 1.23 bits per heavy atom. The molecular weight excluding hydrogens is 402 g/mol. The predicted molar refractivity (Wildman–Crippen MR) is 122 cm³/mol. The number of carbonyl (C=O) groups is 2. The van der Waals surface area contributed by atoms with E-state index in [1.807, 2.05) is 52.0 Å². The standard InChI is InChI=1S/C15H20N2O2S.C7H15NO2/c1-17-14(15(18)19-2)11-20-9-3-4-12-5-7-13(10-16)8-6-12;1-5-8-6(9)10-7(2,3)4/h5-8,14,17H,3-4,9,11H2,1-2H3;5H2,1-4H3,(H,8,9). The first-order valence-electron chi connectivity index (χ1n) is 9.95. The van der Waals surface area contributed by atoms with E-state index < -0.39 is 0 Å². The molecule has 0 heterocycles. The van der Waals surface area contributed by atoms with Crippen LogP contribution in [0.25, 0.3) is 0 Å². The van der Waals surface area contributed by atoms with Crippen molar-refractivity contribution in [2.45, 2.75) is 52.2 Å². The third-order valence-corrected chi connectivity index (χ3v) is 4.82. The molecule has 0 saturated carbocycles. The van der Waals surface area contributed by atoms with E-state index in [4.69, 9.17) is 14.7 Å². The minimum atomic E-state index is -0.390. The van der Waals surface area contributed by atoms with Crippen molar-refractivity contribution in [3.8, 4) is 6.07 Å². The lowest BCUT2D eigenvalue weighted by Crippen LogP contribution is -2.37. The smallest absolute Gasteiger partial charge is 0.407 e. The van der Waals surface area contributed by atoms with Crippen LogP contribution in [0.3, 0.4) is 0 Å². The molecule has 1 atom stereocenters. The summed E-state index contributed by atoms with van der Waals surface area (Å²) in [6.07, 6.45) is 1.69. The molecule has 0 aliphatic rings. The van der Waals surface area contributed by atoms with Crippen LogP contribution in [0, 0.1) is 11.3 Å². The van der Waals surface area contributed by atoms with E-state index in [1.54, 1.807) is 18.8 Å². The maximum atomic E-state index is 11.4. The van der Waals surface area contributed by atoms with Gasteiger partial charge in [-0.15, -0.1) is 0 Å². The Morgan fingerprint density at radius 3 is 2.33 bits per heavy atom. The van der Waals surface area contributed by atoms with Gasteiger partial charge in [-0.05, 0) is 71.0 Å². The van der Waals surface area contributed by atoms with Crippen molar-refractivity contribution in [2.24, 2.45) is 0 Å². The fourth-order valence-electron chi connectivity index (χ4n) is 2.20. The number of thioether (sulfide) groups is 1. The number of nitrogens with zero attached hydrogens (tertiary/aromatic N) is 1. The third kappa shape index (κ3) is 13.9. The molecule has 1 aromatic rings. The quantitative estimate of drug-likeness (QED) is 0.450. The number of hydrogen-bond acceptors (Lipinski definition) is 7. The van der Waals surface area contributed by atoms with E-state index in [0.717, 1.165) is 24.3 Å². The lowest BCUT2D eigenvalue weighted by atomic mass is 10.1. The summed E-state index contributed by atoms with van der Waals surface area (Å²) in [6.45, 7) is 7.96. The second kappa shape index (κ2) is 15.6. The number of benzene rings is 1. The van der Waals surface area contributed by atoms with Crippen LogP contribution in [0.15, 0.2) is 24.3 Å². The second-order valence-corrected chi connectivity index (χ2v) is 8.53. The molecule has 7 nitrogen and oxygen atoms in total. The molecule has 1 amide bonds. The first-order chi connectivity index (χ1) is 14.2. The molecule has 8 heteroatoms. The summed E-state index contributed by atoms with van der Waals surface area (Å²) in [5, 5.41) is 14.2. The minimum Gasteiger partial charge on any atom is -0.468 e. The van der Waals surface area contributed by atoms with Crippen molar-refractivity contribution in [1.29, 1.82) is 5.26 Å². The van der Waals surface area contributed by atoms with Crippen molar-refractivity contribution in [1.82, 2.24) is 10.6 Å². The van der Waals surface area contributed by atoms with Gasteiger partial charge >= 0.3 is 12.1 Å². The molecule has 0 aliphatic heterocycles. The first kappa shape index (κ1) is 27.8. The Kier molecular flexibility index (Phi) is 14.4. The number of alkyl carbamates (subject to hydrolysis) is 1. The highest BCUT2D eigenvalue weighted by molar-refractivity contribution is 7.99. The minimum absolute atomic E-state index is 0.216. The Balaban J connectivity index is 0.000000710. The molecule has 1 unspecified atom stereocenters. The van der Waals surface area contributed by atoms with Gasteiger partial charge in [0, 0.05) is 12.3 Å². The fourth-order valence-corrected chi connectivity index (χ4v) is 3.25. The molecule has 0 bridgehead atoms. The van der Waals surface area contributed by atoms with Gasteiger partial charge in [-0.3, -0.25) is 4.79 Å². The number of hydrogen-bond donors (Lipinski definition) is 2. The highest BCUT2D eigenvalue weighted by atomic mass is 32.2. The molecule has 0 radical (unpaired) electrons. The van der Waals surface area contributed by atoms with Crippen molar-refractivity contribution < 1.29 is 19.1 Å². The molecule has 0 fully saturated rings. The molecular formula is C22H35N3O4S. The Labute approximate surface area is 184 Å². The number of nitriles is 1. The van der Waals surface area contributed by atoms with Gasteiger partial charge in [0.15, 0.2) is 0 Å². The number of likely N-dealkylation sites (N-methyl/N-ethyl adjacent to an activating group) is 1. The summed E-state index contributed by atoms with van der Waals surface area (Å²) in [6, 6.07) is 9.55. The number of esters is 1. The van der Waals surface area contributed by atoms with Gasteiger partial charge in [0.25, 0.3) is 0 Å². The number of nitrogens with one attached hydrogen (secondary N) is 2. The van der Waals surface area contributed by atoms with Crippen molar-refractivity contribution >= 4 is 23.8 Å². The van der Waals surface area contributed by atoms with Crippen molar-refractivity contribution in [2.75, 3.05) is 32.2 Å². The van der Waals surface area contributed by atoms with E-state index in [0.29, 0.717) is 12.1 Å². The average molecular weight is 438 g/mol. The Bertz CT molecular complexity index is 666. The number of methoxy groups -OCH3 is 1. The monoisotopic (exact) mass is 437 g/mol. The number of rotatable bonds is 9. The number of aryl methyl sites for hydroxylation is 1. The Morgan fingerprint density at radius 2 is 1.87 bits per heavy atom. The van der Waals surface area contributed by atoms with E-state index in [2.05, 4.69) is 16.7 Å². The molecule has 2 N–H and O–H groups in total. The number of amides is 1. The summed E-state index contributed by atoms with van der Waals surface area (Å²) in [5.41, 5.74) is 1.54. The van der Waals surface area contributed by atoms with Crippen LogP contribution in [0.2, 0.25) is 0 Å². The fraction of sp³-hybridized carbons (Fsp3) is 0.591. The maximum absolute atomic E-state index is 11.4. The average Bonchev–Trinajstić information content (AvgIpc) is 2.70. The van der Waals surface area contributed by atoms with Gasteiger partial charge in [0.05, 0.1) is 18.7 Å². The topological polar surface area (TPSA) is 100 Å². The van der Waals surface area contributed by atoms with Crippen LogP contribution in [0.4, 0.5) is 4.79 Å². The lowest BCUT2D eigenvalue weighted by molar-refractivity contribution is -0.142. The largest absolute Gasteiger partial charge is 0.468 e. The summed E-state index contributed by atoms with van der Waals surface area (Å²) in [7, 11) is 3.17. The zero-order valence-corrected chi connectivity index (χ0v) is 19.7. The zero-order chi connectivity index (χ0) is 23.0. The number of ether oxygens (including phenoxy) is 2. The first-order valence-corrected chi connectivity index (χ1v) is 11.1. The van der Waals surface area contributed by atoms with Crippen molar-refractivity contribution in [3.05, 3.63) is 35.4 Å². The molecule has 0 spiro atoms. The zero-order valence-electron chi connectivity index (χ0n) is 18.9. The van der Waals surface area contributed by atoms with Gasteiger partial charge < -0.3 is 20.1 Å². The predicted octanol–water partition coefficient (Wildman–Crippen LogP) is 3.52. The van der Waals surface area contributed by atoms with E-state index in [9.17, 15) is 9.59 Å². The number of carbonyl (C=O) groups excluding carboxylic acids is 2. The van der Waals surface area contributed by atoms with Gasteiger partial charge in [-0.1, -0.05) is 12.1 Å².